The van der Waals surface area contributed by atoms with Gasteiger partial charge in [0.25, 0.3) is 0 Å². The molecule has 0 bridgehead atoms. The summed E-state index contributed by atoms with van der Waals surface area (Å²) in [5.74, 6) is -3.32. The second-order valence-electron chi connectivity index (χ2n) is 13.0. The summed E-state index contributed by atoms with van der Waals surface area (Å²) in [6.07, 6.45) is -7.97. The molecule has 10 atom stereocenters. The van der Waals surface area contributed by atoms with E-state index in [0.29, 0.717) is 5.57 Å². The quantitative estimate of drug-likeness (QED) is 0.223. The second kappa shape index (κ2) is 10.1. The van der Waals surface area contributed by atoms with Gasteiger partial charge in [0.05, 0.1) is 41.3 Å². The highest BCUT2D eigenvalue weighted by Gasteiger charge is 2.79. The average Bonchev–Trinajstić information content (AvgIpc) is 3.14. The molecule has 0 unspecified atom stereocenters. The zero-order valence-corrected chi connectivity index (χ0v) is 24.7. The van der Waals surface area contributed by atoms with Crippen LogP contribution in [-0.2, 0) is 28.5 Å². The molecule has 3 aliphatic carbocycles. The first kappa shape index (κ1) is 30.6. The van der Waals surface area contributed by atoms with Crippen molar-refractivity contribution in [3.8, 4) is 0 Å². The molecule has 0 radical (unpaired) electrons. The largest absolute Gasteiger partial charge is 0.461 e. The van der Waals surface area contributed by atoms with Crippen LogP contribution in [0.2, 0.25) is 0 Å². The van der Waals surface area contributed by atoms with E-state index in [2.05, 4.69) is 0 Å². The Morgan fingerprint density at radius 3 is 2.17 bits per heavy atom. The number of carbonyl (C=O) groups is 3. The molecular weight excluding hydrogens is 548 g/mol. The van der Waals surface area contributed by atoms with E-state index in [0.717, 1.165) is 0 Å². The van der Waals surface area contributed by atoms with Crippen LogP contribution in [0.4, 0.5) is 0 Å². The van der Waals surface area contributed by atoms with Gasteiger partial charge in [-0.3, -0.25) is 9.59 Å². The monoisotopic (exact) mass is 588 g/mol. The first-order chi connectivity index (χ1) is 19.5. The Morgan fingerprint density at radius 1 is 1.00 bits per heavy atom. The summed E-state index contributed by atoms with van der Waals surface area (Å²) < 4.78 is 24.0. The lowest BCUT2D eigenvalue weighted by Crippen LogP contribution is -2.79. The minimum Gasteiger partial charge on any atom is -0.461 e. The van der Waals surface area contributed by atoms with Gasteiger partial charge in [0.2, 0.25) is 0 Å². The van der Waals surface area contributed by atoms with E-state index in [-0.39, 0.29) is 30.6 Å². The predicted molar refractivity (Wildman–Crippen MR) is 146 cm³/mol. The lowest BCUT2D eigenvalue weighted by Gasteiger charge is -2.65. The number of esters is 3. The van der Waals surface area contributed by atoms with Crippen LogP contribution >= 0.6 is 0 Å². The molecule has 1 aromatic carbocycles. The van der Waals surface area contributed by atoms with E-state index in [9.17, 15) is 34.8 Å². The number of ether oxygens (including phenoxy) is 4. The zero-order valence-electron chi connectivity index (χ0n) is 24.7. The molecule has 4 N–H and O–H groups in total. The summed E-state index contributed by atoms with van der Waals surface area (Å²) in [6, 6.07) is 8.13. The molecule has 0 amide bonds. The van der Waals surface area contributed by atoms with Crippen molar-refractivity contribution in [2.75, 3.05) is 6.61 Å². The Balaban J connectivity index is 1.84. The Labute approximate surface area is 244 Å². The van der Waals surface area contributed by atoms with E-state index in [4.69, 9.17) is 18.9 Å². The highest BCUT2D eigenvalue weighted by atomic mass is 16.6. The number of hydrogen-bond donors (Lipinski definition) is 4. The number of fused-ring (bicyclic) bond motifs is 4. The maximum absolute atomic E-state index is 13.6. The lowest BCUT2D eigenvalue weighted by atomic mass is 9.49. The molecule has 11 heteroatoms. The predicted octanol–water partition coefficient (Wildman–Crippen LogP) is 1.44. The molecule has 1 aromatic rings. The van der Waals surface area contributed by atoms with Crippen molar-refractivity contribution in [2.24, 2.45) is 16.7 Å². The van der Waals surface area contributed by atoms with E-state index >= 15 is 0 Å². The Bertz CT molecular complexity index is 1300. The Hall–Kier alpha value is -2.83. The van der Waals surface area contributed by atoms with Gasteiger partial charge in [-0.2, -0.15) is 0 Å². The van der Waals surface area contributed by atoms with Crippen LogP contribution in [0.1, 0.15) is 64.7 Å². The van der Waals surface area contributed by atoms with Crippen molar-refractivity contribution < 1.29 is 53.8 Å². The maximum Gasteiger partial charge on any atom is 0.338 e. The van der Waals surface area contributed by atoms with Crippen LogP contribution in [0, 0.1) is 16.7 Å². The molecule has 5 rings (SSSR count). The number of benzene rings is 1. The SMILES string of the molecule is CC(=O)O[C@@H]1[C@H]2[C@]3(OC(C)=O)CO[C@H]3C[C@@H](O)[C@]2(C)[C@@H](OC(=O)c2ccccc2)[C@H](O)C2=C(C)[C@@H](O)C[C@]21C(C)(C)O. The minimum atomic E-state index is -1.75. The van der Waals surface area contributed by atoms with E-state index in [1.54, 1.807) is 44.2 Å². The fraction of sp³-hybridized carbons (Fsp3) is 0.645. The minimum absolute atomic E-state index is 0.0324. The molecule has 0 aromatic heterocycles. The summed E-state index contributed by atoms with van der Waals surface area (Å²) in [5.41, 5.74) is -5.82. The van der Waals surface area contributed by atoms with Crippen LogP contribution in [0.25, 0.3) is 0 Å². The van der Waals surface area contributed by atoms with Crippen LogP contribution in [0.5, 0.6) is 0 Å². The summed E-state index contributed by atoms with van der Waals surface area (Å²) in [4.78, 5) is 39.0. The number of hydrogen-bond acceptors (Lipinski definition) is 11. The van der Waals surface area contributed by atoms with Crippen molar-refractivity contribution in [3.63, 3.8) is 0 Å². The standard InChI is InChI=1S/C31H40O11/c1-15-19(34)13-30(28(4,5)38)22(15)23(36)25(41-27(37)18-10-8-7-9-11-18)29(6)20(35)12-21-31(14-39-21,42-17(3)33)24(29)26(30)40-16(2)32/h7-11,19-21,23-26,34-36,38H,12-14H2,1-6H3/t19-,20+,21-,23+,24+,25-,26+,29-,30-,31-/m0/s1. The van der Waals surface area contributed by atoms with Crippen LogP contribution in [0.3, 0.4) is 0 Å². The Morgan fingerprint density at radius 2 is 1.64 bits per heavy atom. The lowest BCUT2D eigenvalue weighted by molar-refractivity contribution is -0.351. The van der Waals surface area contributed by atoms with Gasteiger partial charge in [-0.1, -0.05) is 25.1 Å². The first-order valence-corrected chi connectivity index (χ1v) is 14.2. The van der Waals surface area contributed by atoms with Gasteiger partial charge in [-0.15, -0.1) is 0 Å². The van der Waals surface area contributed by atoms with E-state index in [1.165, 1.54) is 27.7 Å². The molecular formula is C31H40O11. The smallest absolute Gasteiger partial charge is 0.338 e. The molecule has 1 aliphatic heterocycles. The third-order valence-corrected chi connectivity index (χ3v) is 10.3. The summed E-state index contributed by atoms with van der Waals surface area (Å²) in [6.45, 7) is 8.48. The van der Waals surface area contributed by atoms with Crippen molar-refractivity contribution in [1.29, 1.82) is 0 Å². The van der Waals surface area contributed by atoms with Crippen LogP contribution in [-0.4, -0.2) is 92.8 Å². The number of rotatable bonds is 5. The van der Waals surface area contributed by atoms with Crippen molar-refractivity contribution in [3.05, 3.63) is 47.0 Å². The van der Waals surface area contributed by atoms with Crippen molar-refractivity contribution in [1.82, 2.24) is 0 Å². The van der Waals surface area contributed by atoms with Gasteiger partial charge >= 0.3 is 17.9 Å². The highest BCUT2D eigenvalue weighted by molar-refractivity contribution is 5.89. The van der Waals surface area contributed by atoms with Gasteiger partial charge in [0, 0.05) is 25.7 Å². The maximum atomic E-state index is 13.6. The fourth-order valence-electron chi connectivity index (χ4n) is 8.35. The number of aliphatic hydroxyl groups excluding tert-OH is 3. The molecule has 4 aliphatic rings. The molecule has 230 valence electrons. The van der Waals surface area contributed by atoms with Crippen LogP contribution in [0.15, 0.2) is 41.5 Å². The van der Waals surface area contributed by atoms with Gasteiger partial charge in [-0.25, -0.2) is 4.79 Å². The molecule has 42 heavy (non-hydrogen) atoms. The van der Waals surface area contributed by atoms with E-state index < -0.39 is 82.5 Å². The van der Waals surface area contributed by atoms with Crippen molar-refractivity contribution >= 4 is 17.9 Å². The third kappa shape index (κ3) is 4.16. The zero-order chi connectivity index (χ0) is 31.0. The molecule has 1 heterocycles. The van der Waals surface area contributed by atoms with Crippen LogP contribution < -0.4 is 0 Å². The topological polar surface area (TPSA) is 169 Å². The Kier molecular flexibility index (Phi) is 7.38. The highest BCUT2D eigenvalue weighted by Crippen LogP contribution is 2.68. The third-order valence-electron chi connectivity index (χ3n) is 10.3. The molecule has 3 fully saturated rings. The fourth-order valence-corrected chi connectivity index (χ4v) is 8.35. The van der Waals surface area contributed by atoms with E-state index in [1.807, 2.05) is 0 Å². The first-order valence-electron chi connectivity index (χ1n) is 14.2. The second-order valence-corrected chi connectivity index (χ2v) is 13.0. The average molecular weight is 589 g/mol. The summed E-state index contributed by atoms with van der Waals surface area (Å²) in [7, 11) is 0. The molecule has 11 nitrogen and oxygen atoms in total. The number of aliphatic hydroxyl groups is 4. The normalized spacial score (nSPS) is 41.0. The van der Waals surface area contributed by atoms with Gasteiger partial charge in [0.1, 0.15) is 24.4 Å². The number of carbonyl (C=O) groups excluding carboxylic acids is 3. The summed E-state index contributed by atoms with van der Waals surface area (Å²) in [5, 5.41) is 47.3. The van der Waals surface area contributed by atoms with Gasteiger partial charge in [-0.05, 0) is 50.5 Å². The molecule has 2 saturated carbocycles. The van der Waals surface area contributed by atoms with Crippen molar-refractivity contribution in [2.45, 2.75) is 102 Å². The van der Waals surface area contributed by atoms with Gasteiger partial charge in [0.15, 0.2) is 5.60 Å². The summed E-state index contributed by atoms with van der Waals surface area (Å²) >= 11 is 0. The molecule has 0 spiro atoms. The van der Waals surface area contributed by atoms with Gasteiger partial charge < -0.3 is 39.4 Å². The molecule has 1 saturated heterocycles.